The summed E-state index contributed by atoms with van der Waals surface area (Å²) in [5.41, 5.74) is 6.46. The number of esters is 1. The quantitative estimate of drug-likeness (QED) is 0.695. The van der Waals surface area contributed by atoms with Crippen molar-refractivity contribution in [3.63, 3.8) is 0 Å². The van der Waals surface area contributed by atoms with Crippen molar-refractivity contribution in [2.24, 2.45) is 0 Å². The molecule has 0 aromatic heterocycles. The van der Waals surface area contributed by atoms with E-state index in [9.17, 15) is 13.6 Å². The number of halogens is 2. The molecule has 0 radical (unpaired) electrons. The molecule has 21 heavy (non-hydrogen) atoms. The van der Waals surface area contributed by atoms with Gasteiger partial charge in [-0.25, -0.2) is 13.6 Å². The lowest BCUT2D eigenvalue weighted by atomic mass is 10.1. The molecule has 0 saturated heterocycles. The van der Waals surface area contributed by atoms with Gasteiger partial charge in [0.2, 0.25) is 0 Å². The summed E-state index contributed by atoms with van der Waals surface area (Å²) in [4.78, 5) is 11.7. The summed E-state index contributed by atoms with van der Waals surface area (Å²) in [5.74, 6) is -2.31. The summed E-state index contributed by atoms with van der Waals surface area (Å²) in [5, 5.41) is 0. The van der Waals surface area contributed by atoms with Crippen LogP contribution in [0.1, 0.15) is 15.9 Å². The maximum absolute atomic E-state index is 13.1. The number of carbonyl (C=O) groups is 1. The van der Waals surface area contributed by atoms with E-state index in [1.165, 1.54) is 19.2 Å². The van der Waals surface area contributed by atoms with Gasteiger partial charge >= 0.3 is 5.97 Å². The van der Waals surface area contributed by atoms with Crippen molar-refractivity contribution >= 4 is 11.7 Å². The largest absolute Gasteiger partial charge is 0.488 e. The summed E-state index contributed by atoms with van der Waals surface area (Å²) in [6.07, 6.45) is 0. The topological polar surface area (TPSA) is 61.5 Å². The second-order valence-corrected chi connectivity index (χ2v) is 4.25. The van der Waals surface area contributed by atoms with Crippen LogP contribution in [0.3, 0.4) is 0 Å². The van der Waals surface area contributed by atoms with Crippen LogP contribution >= 0.6 is 0 Å². The number of nitrogen functional groups attached to an aromatic ring is 1. The second-order valence-electron chi connectivity index (χ2n) is 4.25. The van der Waals surface area contributed by atoms with Crippen LogP contribution in [-0.2, 0) is 11.3 Å². The van der Waals surface area contributed by atoms with E-state index in [1.54, 1.807) is 12.1 Å². The minimum absolute atomic E-state index is 0.0371. The van der Waals surface area contributed by atoms with Crippen molar-refractivity contribution in [3.05, 3.63) is 59.2 Å². The predicted molar refractivity (Wildman–Crippen MR) is 72.9 cm³/mol. The molecular formula is C15H13F2NO3. The highest BCUT2D eigenvalue weighted by atomic mass is 19.2. The fourth-order valence-corrected chi connectivity index (χ4v) is 1.78. The van der Waals surface area contributed by atoms with Gasteiger partial charge in [0.05, 0.1) is 7.11 Å². The first-order valence-corrected chi connectivity index (χ1v) is 6.06. The molecule has 0 unspecified atom stereocenters. The molecule has 0 spiro atoms. The van der Waals surface area contributed by atoms with Crippen LogP contribution in [0.15, 0.2) is 36.4 Å². The zero-order valence-electron chi connectivity index (χ0n) is 11.2. The highest BCUT2D eigenvalue weighted by molar-refractivity contribution is 5.98. The van der Waals surface area contributed by atoms with Gasteiger partial charge in [-0.15, -0.1) is 0 Å². The van der Waals surface area contributed by atoms with Crippen LogP contribution in [0.2, 0.25) is 0 Å². The molecule has 2 N–H and O–H groups in total. The van der Waals surface area contributed by atoms with E-state index in [0.717, 1.165) is 12.1 Å². The van der Waals surface area contributed by atoms with Gasteiger partial charge in [0.15, 0.2) is 11.6 Å². The summed E-state index contributed by atoms with van der Waals surface area (Å²) < 4.78 is 36.0. The Balaban J connectivity index is 2.22. The lowest BCUT2D eigenvalue weighted by Gasteiger charge is -2.12. The second kappa shape index (κ2) is 6.21. The molecule has 2 aromatic rings. The number of hydrogen-bond acceptors (Lipinski definition) is 4. The molecular weight excluding hydrogens is 280 g/mol. The van der Waals surface area contributed by atoms with Crippen LogP contribution in [0.4, 0.5) is 14.5 Å². The Morgan fingerprint density at radius 1 is 1.19 bits per heavy atom. The highest BCUT2D eigenvalue weighted by Gasteiger charge is 2.16. The summed E-state index contributed by atoms with van der Waals surface area (Å²) >= 11 is 0. The van der Waals surface area contributed by atoms with Crippen LogP contribution in [-0.4, -0.2) is 13.1 Å². The van der Waals surface area contributed by atoms with E-state index in [-0.39, 0.29) is 23.6 Å². The van der Waals surface area contributed by atoms with Gasteiger partial charge in [0.25, 0.3) is 0 Å². The van der Waals surface area contributed by atoms with Crippen LogP contribution in [0.5, 0.6) is 5.75 Å². The molecule has 0 fully saturated rings. The summed E-state index contributed by atoms with van der Waals surface area (Å²) in [7, 11) is 1.23. The SMILES string of the molecule is COC(=O)c1c(N)cccc1OCc1ccc(F)c(F)c1. The molecule has 0 atom stereocenters. The number of methoxy groups -OCH3 is 1. The van der Waals surface area contributed by atoms with Crippen molar-refractivity contribution in [1.29, 1.82) is 0 Å². The van der Waals surface area contributed by atoms with Crippen molar-refractivity contribution in [2.45, 2.75) is 6.61 Å². The van der Waals surface area contributed by atoms with E-state index < -0.39 is 17.6 Å². The van der Waals surface area contributed by atoms with E-state index >= 15 is 0 Å². The maximum Gasteiger partial charge on any atom is 0.343 e. The molecule has 4 nitrogen and oxygen atoms in total. The first-order valence-electron chi connectivity index (χ1n) is 6.06. The number of rotatable bonds is 4. The molecule has 2 rings (SSSR count). The van der Waals surface area contributed by atoms with Crippen molar-refractivity contribution in [3.8, 4) is 5.75 Å². The molecule has 0 saturated carbocycles. The Kier molecular flexibility index (Phi) is 4.37. The Bertz CT molecular complexity index is 674. The Hall–Kier alpha value is -2.63. The third-order valence-corrected chi connectivity index (χ3v) is 2.83. The van der Waals surface area contributed by atoms with Crippen molar-refractivity contribution in [2.75, 3.05) is 12.8 Å². The Morgan fingerprint density at radius 3 is 2.62 bits per heavy atom. The van der Waals surface area contributed by atoms with Crippen LogP contribution < -0.4 is 10.5 Å². The Labute approximate surface area is 120 Å². The fraction of sp³-hybridized carbons (Fsp3) is 0.133. The smallest absolute Gasteiger partial charge is 0.343 e. The molecule has 2 aromatic carbocycles. The highest BCUT2D eigenvalue weighted by Crippen LogP contribution is 2.26. The maximum atomic E-state index is 13.1. The Morgan fingerprint density at radius 2 is 1.95 bits per heavy atom. The van der Waals surface area contributed by atoms with Crippen LogP contribution in [0, 0.1) is 11.6 Å². The zero-order chi connectivity index (χ0) is 15.4. The molecule has 0 aliphatic rings. The number of anilines is 1. The number of nitrogens with two attached hydrogens (primary N) is 1. The van der Waals surface area contributed by atoms with Crippen LogP contribution in [0.25, 0.3) is 0 Å². The molecule has 0 aliphatic carbocycles. The number of hydrogen-bond donors (Lipinski definition) is 1. The average molecular weight is 293 g/mol. The first kappa shape index (κ1) is 14.8. The molecule has 0 heterocycles. The van der Waals surface area contributed by atoms with Crippen molar-refractivity contribution in [1.82, 2.24) is 0 Å². The van der Waals surface area contributed by atoms with Gasteiger partial charge in [-0.1, -0.05) is 12.1 Å². The zero-order valence-corrected chi connectivity index (χ0v) is 11.2. The monoisotopic (exact) mass is 293 g/mol. The minimum Gasteiger partial charge on any atom is -0.488 e. The predicted octanol–water partition coefficient (Wildman–Crippen LogP) is 2.91. The minimum atomic E-state index is -0.961. The number of carbonyl (C=O) groups excluding carboxylic acids is 1. The number of benzene rings is 2. The molecule has 6 heteroatoms. The van der Waals surface area contributed by atoms with Gasteiger partial charge in [0, 0.05) is 5.69 Å². The van der Waals surface area contributed by atoms with E-state index in [1.807, 2.05) is 0 Å². The summed E-state index contributed by atoms with van der Waals surface area (Å²) in [6, 6.07) is 8.12. The summed E-state index contributed by atoms with van der Waals surface area (Å²) in [6.45, 7) is -0.0371. The van der Waals surface area contributed by atoms with Crippen molar-refractivity contribution < 1.29 is 23.0 Å². The molecule has 0 aliphatic heterocycles. The van der Waals surface area contributed by atoms with Gasteiger partial charge in [-0.2, -0.15) is 0 Å². The fourth-order valence-electron chi connectivity index (χ4n) is 1.78. The lowest BCUT2D eigenvalue weighted by molar-refractivity contribution is 0.0597. The molecule has 0 bridgehead atoms. The normalized spacial score (nSPS) is 10.2. The first-order chi connectivity index (χ1) is 10.0. The third kappa shape index (κ3) is 3.28. The molecule has 110 valence electrons. The third-order valence-electron chi connectivity index (χ3n) is 2.83. The standard InChI is InChI=1S/C15H13F2NO3/c1-20-15(19)14-12(18)3-2-4-13(14)21-8-9-5-6-10(16)11(17)7-9/h2-7H,8,18H2,1H3. The van der Waals surface area contributed by atoms with Gasteiger partial charge in [0.1, 0.15) is 17.9 Å². The molecule has 0 amide bonds. The van der Waals surface area contributed by atoms with Gasteiger partial charge in [-0.3, -0.25) is 0 Å². The van der Waals surface area contributed by atoms with E-state index in [4.69, 9.17) is 10.5 Å². The van der Waals surface area contributed by atoms with Gasteiger partial charge < -0.3 is 15.2 Å². The number of ether oxygens (including phenoxy) is 2. The van der Waals surface area contributed by atoms with E-state index in [2.05, 4.69) is 4.74 Å². The van der Waals surface area contributed by atoms with Gasteiger partial charge in [-0.05, 0) is 29.8 Å². The average Bonchev–Trinajstić information content (AvgIpc) is 2.48. The lowest BCUT2D eigenvalue weighted by Crippen LogP contribution is -2.09. The van der Waals surface area contributed by atoms with E-state index in [0.29, 0.717) is 5.56 Å².